The predicted molar refractivity (Wildman–Crippen MR) is 80.3 cm³/mol. The lowest BCUT2D eigenvalue weighted by molar-refractivity contribution is 0.660. The Morgan fingerprint density at radius 3 is 2.63 bits per heavy atom. The molecule has 0 aromatic carbocycles. The third-order valence-corrected chi connectivity index (χ3v) is 3.66. The summed E-state index contributed by atoms with van der Waals surface area (Å²) in [5, 5.41) is 7.36. The Morgan fingerprint density at radius 2 is 2.11 bits per heavy atom. The van der Waals surface area contributed by atoms with Crippen molar-refractivity contribution >= 4 is 21.7 Å². The number of aryl methyl sites for hydroxylation is 1. The molecule has 0 bridgehead atoms. The molecule has 0 spiro atoms. The molecule has 1 N–H and O–H groups in total. The SMILES string of the molecule is CCn1cc(-c2nc(NC)c(Br)c(C(C)C)n2)cn1. The van der Waals surface area contributed by atoms with E-state index in [1.54, 1.807) is 6.20 Å². The van der Waals surface area contributed by atoms with E-state index >= 15 is 0 Å². The highest BCUT2D eigenvalue weighted by atomic mass is 79.9. The van der Waals surface area contributed by atoms with Gasteiger partial charge in [-0.25, -0.2) is 9.97 Å². The van der Waals surface area contributed by atoms with Crippen molar-refractivity contribution in [2.75, 3.05) is 12.4 Å². The summed E-state index contributed by atoms with van der Waals surface area (Å²) < 4.78 is 2.80. The predicted octanol–water partition coefficient (Wildman–Crippen LogP) is 3.29. The van der Waals surface area contributed by atoms with Crippen LogP contribution >= 0.6 is 15.9 Å². The summed E-state index contributed by atoms with van der Waals surface area (Å²) in [5.74, 6) is 1.83. The summed E-state index contributed by atoms with van der Waals surface area (Å²) in [6.45, 7) is 7.13. The van der Waals surface area contributed by atoms with Crippen molar-refractivity contribution in [1.82, 2.24) is 19.7 Å². The minimum Gasteiger partial charge on any atom is -0.372 e. The van der Waals surface area contributed by atoms with Crippen LogP contribution in [0, 0.1) is 0 Å². The van der Waals surface area contributed by atoms with Gasteiger partial charge in [0, 0.05) is 19.8 Å². The van der Waals surface area contributed by atoms with Gasteiger partial charge in [0.2, 0.25) is 0 Å². The van der Waals surface area contributed by atoms with E-state index in [0.717, 1.165) is 28.1 Å². The Bertz CT molecular complexity index is 576. The van der Waals surface area contributed by atoms with Crippen molar-refractivity contribution < 1.29 is 0 Å². The molecule has 0 saturated carbocycles. The molecule has 5 nitrogen and oxygen atoms in total. The summed E-state index contributed by atoms with van der Waals surface area (Å²) in [7, 11) is 1.86. The molecule has 2 rings (SSSR count). The van der Waals surface area contributed by atoms with Crippen molar-refractivity contribution in [3.05, 3.63) is 22.6 Å². The number of nitrogens with zero attached hydrogens (tertiary/aromatic N) is 4. The van der Waals surface area contributed by atoms with E-state index in [4.69, 9.17) is 0 Å². The van der Waals surface area contributed by atoms with Crippen LogP contribution in [-0.2, 0) is 6.54 Å². The molecule has 0 aliphatic carbocycles. The Morgan fingerprint density at radius 1 is 1.37 bits per heavy atom. The Kier molecular flexibility index (Phi) is 4.19. The molecule has 0 unspecified atom stereocenters. The fourth-order valence-electron chi connectivity index (χ4n) is 1.79. The lowest BCUT2D eigenvalue weighted by atomic mass is 10.1. The number of anilines is 1. The van der Waals surface area contributed by atoms with Crippen LogP contribution < -0.4 is 5.32 Å². The molecule has 2 aromatic rings. The summed E-state index contributed by atoms with van der Waals surface area (Å²) in [6.07, 6.45) is 3.77. The number of rotatable bonds is 4. The van der Waals surface area contributed by atoms with Crippen molar-refractivity contribution in [2.45, 2.75) is 33.2 Å². The van der Waals surface area contributed by atoms with Crippen LogP contribution in [0.15, 0.2) is 16.9 Å². The van der Waals surface area contributed by atoms with Gasteiger partial charge in [-0.3, -0.25) is 4.68 Å². The largest absolute Gasteiger partial charge is 0.372 e. The zero-order valence-electron chi connectivity index (χ0n) is 11.6. The molecule has 0 radical (unpaired) electrons. The summed E-state index contributed by atoms with van der Waals surface area (Å²) in [5.41, 5.74) is 1.94. The molecule has 102 valence electrons. The van der Waals surface area contributed by atoms with Gasteiger partial charge < -0.3 is 5.32 Å². The topological polar surface area (TPSA) is 55.6 Å². The fourth-order valence-corrected chi connectivity index (χ4v) is 2.63. The maximum atomic E-state index is 4.65. The van der Waals surface area contributed by atoms with Crippen molar-refractivity contribution in [3.8, 4) is 11.4 Å². The first kappa shape index (κ1) is 14.0. The first-order valence-corrected chi connectivity index (χ1v) is 7.14. The smallest absolute Gasteiger partial charge is 0.165 e. The zero-order valence-corrected chi connectivity index (χ0v) is 13.2. The summed E-state index contributed by atoms with van der Waals surface area (Å²) in [4.78, 5) is 9.18. The normalized spacial score (nSPS) is 11.1. The molecular weight excluding hydrogens is 306 g/mol. The van der Waals surface area contributed by atoms with Gasteiger partial charge in [0.1, 0.15) is 5.82 Å². The second kappa shape index (κ2) is 5.69. The maximum absolute atomic E-state index is 4.65. The number of halogens is 1. The molecule has 0 aliphatic rings. The molecule has 2 heterocycles. The van der Waals surface area contributed by atoms with Gasteiger partial charge in [0.15, 0.2) is 5.82 Å². The molecule has 6 heteroatoms. The number of hydrogen-bond acceptors (Lipinski definition) is 4. The lowest BCUT2D eigenvalue weighted by Gasteiger charge is -2.12. The highest BCUT2D eigenvalue weighted by Crippen LogP contribution is 2.30. The quantitative estimate of drug-likeness (QED) is 0.938. The van der Waals surface area contributed by atoms with Gasteiger partial charge in [0.25, 0.3) is 0 Å². The third kappa shape index (κ3) is 2.78. The zero-order chi connectivity index (χ0) is 14.0. The second-order valence-corrected chi connectivity index (χ2v) is 5.38. The van der Waals surface area contributed by atoms with E-state index in [2.05, 4.69) is 57.1 Å². The molecule has 19 heavy (non-hydrogen) atoms. The Labute approximate surface area is 121 Å². The van der Waals surface area contributed by atoms with Gasteiger partial charge in [-0.2, -0.15) is 5.10 Å². The third-order valence-electron chi connectivity index (χ3n) is 2.88. The van der Waals surface area contributed by atoms with Crippen LogP contribution in [0.5, 0.6) is 0 Å². The van der Waals surface area contributed by atoms with Gasteiger partial charge in [-0.15, -0.1) is 0 Å². The first-order chi connectivity index (χ1) is 9.06. The van der Waals surface area contributed by atoms with E-state index in [0.29, 0.717) is 11.7 Å². The van der Waals surface area contributed by atoms with Crippen molar-refractivity contribution in [3.63, 3.8) is 0 Å². The molecule has 0 atom stereocenters. The monoisotopic (exact) mass is 323 g/mol. The lowest BCUT2D eigenvalue weighted by Crippen LogP contribution is -2.04. The Hall–Kier alpha value is -1.43. The first-order valence-electron chi connectivity index (χ1n) is 6.34. The second-order valence-electron chi connectivity index (χ2n) is 4.58. The molecule has 2 aromatic heterocycles. The van der Waals surface area contributed by atoms with Crippen LogP contribution in [0.25, 0.3) is 11.4 Å². The summed E-state index contributed by atoms with van der Waals surface area (Å²) >= 11 is 3.56. The van der Waals surface area contributed by atoms with E-state index in [1.165, 1.54) is 0 Å². The number of aromatic nitrogens is 4. The summed E-state index contributed by atoms with van der Waals surface area (Å²) in [6, 6.07) is 0. The van der Waals surface area contributed by atoms with Gasteiger partial charge in [-0.05, 0) is 28.8 Å². The highest BCUT2D eigenvalue weighted by Gasteiger charge is 2.15. The van der Waals surface area contributed by atoms with Crippen LogP contribution in [0.3, 0.4) is 0 Å². The highest BCUT2D eigenvalue weighted by molar-refractivity contribution is 9.10. The Balaban J connectivity index is 2.54. The molecule has 0 amide bonds. The van der Waals surface area contributed by atoms with Gasteiger partial charge in [0.05, 0.1) is 21.9 Å². The van der Waals surface area contributed by atoms with Crippen LogP contribution in [0.4, 0.5) is 5.82 Å². The van der Waals surface area contributed by atoms with Crippen LogP contribution in [-0.4, -0.2) is 26.8 Å². The maximum Gasteiger partial charge on any atom is 0.165 e. The van der Waals surface area contributed by atoms with E-state index in [-0.39, 0.29) is 0 Å². The molecule has 0 fully saturated rings. The van der Waals surface area contributed by atoms with Gasteiger partial charge >= 0.3 is 0 Å². The standard InChI is InChI=1S/C13H18BrN5/c1-5-19-7-9(6-16-19)12-17-11(8(2)3)10(14)13(15-4)18-12/h6-8H,5H2,1-4H3,(H,15,17,18). The van der Waals surface area contributed by atoms with E-state index in [1.807, 2.05) is 17.9 Å². The van der Waals surface area contributed by atoms with E-state index in [9.17, 15) is 0 Å². The van der Waals surface area contributed by atoms with Crippen LogP contribution in [0.1, 0.15) is 32.4 Å². The van der Waals surface area contributed by atoms with Gasteiger partial charge in [-0.1, -0.05) is 13.8 Å². The molecular formula is C13H18BrN5. The van der Waals surface area contributed by atoms with E-state index < -0.39 is 0 Å². The minimum atomic E-state index is 0.324. The van der Waals surface area contributed by atoms with Crippen LogP contribution in [0.2, 0.25) is 0 Å². The average Bonchev–Trinajstić information content (AvgIpc) is 2.87. The average molecular weight is 324 g/mol. The van der Waals surface area contributed by atoms with Crippen molar-refractivity contribution in [2.24, 2.45) is 0 Å². The number of hydrogen-bond donors (Lipinski definition) is 1. The van der Waals surface area contributed by atoms with Crippen molar-refractivity contribution in [1.29, 1.82) is 0 Å². The number of nitrogens with one attached hydrogen (secondary N) is 1. The fraction of sp³-hybridized carbons (Fsp3) is 0.462. The molecule has 0 aliphatic heterocycles. The molecule has 0 saturated heterocycles. The minimum absolute atomic E-state index is 0.324.